The zero-order chi connectivity index (χ0) is 22.5. The molecule has 1 aromatic heterocycles. The van der Waals surface area contributed by atoms with Gasteiger partial charge in [0.25, 0.3) is 5.91 Å². The van der Waals surface area contributed by atoms with Gasteiger partial charge in [0.1, 0.15) is 5.54 Å². The quantitative estimate of drug-likeness (QED) is 0.709. The first-order chi connectivity index (χ1) is 15.3. The molecular formula is C22H25ClF3N5O. The number of fused-ring (bicyclic) bond motifs is 1. The lowest BCUT2D eigenvalue weighted by Gasteiger charge is -2.40. The Morgan fingerprint density at radius 1 is 1.22 bits per heavy atom. The number of carbonyl (C=O) groups excluding carboxylic acids is 1. The molecule has 3 heterocycles. The number of hydrogen-bond donors (Lipinski definition) is 2. The summed E-state index contributed by atoms with van der Waals surface area (Å²) < 4.78 is 40.5. The smallest absolute Gasteiger partial charge is 0.323 e. The molecule has 6 nitrogen and oxygen atoms in total. The fraction of sp³-hybridized carbons (Fsp3) is 0.545. The number of hydrogen-bond acceptors (Lipinski definition) is 4. The second kappa shape index (κ2) is 8.04. The maximum Gasteiger partial charge on any atom is 0.416 e. The van der Waals surface area contributed by atoms with Gasteiger partial charge >= 0.3 is 6.18 Å². The summed E-state index contributed by atoms with van der Waals surface area (Å²) >= 11 is 6.04. The zero-order valence-electron chi connectivity index (χ0n) is 17.5. The third-order valence-corrected chi connectivity index (χ3v) is 7.33. The van der Waals surface area contributed by atoms with Gasteiger partial charge in [0.05, 0.1) is 22.0 Å². The van der Waals surface area contributed by atoms with Gasteiger partial charge in [-0.3, -0.25) is 14.4 Å². The Bertz CT molecular complexity index is 1000. The maximum absolute atomic E-state index is 13.2. The van der Waals surface area contributed by atoms with Gasteiger partial charge in [-0.2, -0.15) is 18.3 Å². The van der Waals surface area contributed by atoms with Crippen LogP contribution in [0.25, 0.3) is 0 Å². The molecule has 10 heteroatoms. The fourth-order valence-corrected chi connectivity index (χ4v) is 5.16. The first-order valence-electron chi connectivity index (χ1n) is 11.0. The second-order valence-electron chi connectivity index (χ2n) is 8.96. The molecule has 0 unspecified atom stereocenters. The molecule has 172 valence electrons. The monoisotopic (exact) mass is 467 g/mol. The van der Waals surface area contributed by atoms with E-state index in [-0.39, 0.29) is 16.6 Å². The predicted octanol–water partition coefficient (Wildman–Crippen LogP) is 4.14. The molecule has 32 heavy (non-hydrogen) atoms. The van der Waals surface area contributed by atoms with Crippen LogP contribution < -0.4 is 10.6 Å². The van der Waals surface area contributed by atoms with Crippen molar-refractivity contribution in [1.82, 2.24) is 20.0 Å². The van der Waals surface area contributed by atoms with Crippen molar-refractivity contribution in [3.8, 4) is 0 Å². The number of alkyl halides is 3. The van der Waals surface area contributed by atoms with E-state index in [1.807, 2.05) is 6.20 Å². The van der Waals surface area contributed by atoms with Crippen molar-refractivity contribution in [3.05, 3.63) is 46.2 Å². The lowest BCUT2D eigenvalue weighted by Crippen LogP contribution is -2.51. The summed E-state index contributed by atoms with van der Waals surface area (Å²) in [5, 5.41) is 10.8. The Kier molecular flexibility index (Phi) is 5.46. The predicted molar refractivity (Wildman–Crippen MR) is 114 cm³/mol. The third-order valence-electron chi connectivity index (χ3n) is 7.02. The number of aromatic nitrogens is 2. The number of piperidine rings is 1. The molecule has 0 atom stereocenters. The minimum Gasteiger partial charge on any atom is -0.323 e. The molecule has 2 N–H and O–H groups in total. The number of halogens is 4. The third kappa shape index (κ3) is 3.80. The maximum atomic E-state index is 13.2. The molecule has 1 amide bonds. The highest BCUT2D eigenvalue weighted by atomic mass is 35.5. The molecule has 0 bridgehead atoms. The van der Waals surface area contributed by atoms with Crippen LogP contribution in [0.5, 0.6) is 0 Å². The minimum atomic E-state index is -4.49. The number of nitrogens with zero attached hydrogens (tertiary/aromatic N) is 3. The number of amides is 1. The van der Waals surface area contributed by atoms with Crippen LogP contribution >= 0.6 is 11.6 Å². The molecule has 1 aliphatic carbocycles. The van der Waals surface area contributed by atoms with E-state index >= 15 is 0 Å². The zero-order valence-corrected chi connectivity index (χ0v) is 18.3. The first kappa shape index (κ1) is 21.7. The van der Waals surface area contributed by atoms with Crippen molar-refractivity contribution < 1.29 is 18.0 Å². The summed E-state index contributed by atoms with van der Waals surface area (Å²) in [6.07, 6.45) is 1.91. The van der Waals surface area contributed by atoms with Crippen molar-refractivity contribution in [3.63, 3.8) is 0 Å². The Morgan fingerprint density at radius 3 is 2.56 bits per heavy atom. The van der Waals surface area contributed by atoms with Gasteiger partial charge in [-0.1, -0.05) is 11.6 Å². The second-order valence-corrected chi connectivity index (χ2v) is 9.37. The van der Waals surface area contributed by atoms with Gasteiger partial charge < -0.3 is 10.6 Å². The van der Waals surface area contributed by atoms with Crippen molar-refractivity contribution in [2.45, 2.75) is 63.0 Å². The lowest BCUT2D eigenvalue weighted by atomic mass is 9.76. The molecule has 1 saturated carbocycles. The van der Waals surface area contributed by atoms with Gasteiger partial charge in [0, 0.05) is 30.9 Å². The highest BCUT2D eigenvalue weighted by molar-refractivity contribution is 6.33. The Balaban J connectivity index is 1.31. The molecule has 1 saturated heterocycles. The normalized spacial score (nSPS) is 21.2. The van der Waals surface area contributed by atoms with E-state index < -0.39 is 17.3 Å². The van der Waals surface area contributed by atoms with Gasteiger partial charge in [0.15, 0.2) is 0 Å². The van der Waals surface area contributed by atoms with E-state index in [9.17, 15) is 18.0 Å². The summed E-state index contributed by atoms with van der Waals surface area (Å²) in [7, 11) is 0. The average Bonchev–Trinajstić information content (AvgIpc) is 3.28. The van der Waals surface area contributed by atoms with Crippen molar-refractivity contribution in [1.29, 1.82) is 0 Å². The van der Waals surface area contributed by atoms with Crippen molar-refractivity contribution >= 4 is 23.2 Å². The molecule has 2 aliphatic heterocycles. The summed E-state index contributed by atoms with van der Waals surface area (Å²) in [5.41, 5.74) is 0.661. The molecule has 0 radical (unpaired) electrons. The van der Waals surface area contributed by atoms with Crippen LogP contribution in [0.1, 0.15) is 48.9 Å². The fourth-order valence-electron chi connectivity index (χ4n) is 4.93. The number of rotatable bonds is 4. The molecule has 1 aromatic carbocycles. The van der Waals surface area contributed by atoms with Crippen molar-refractivity contribution in [2.75, 3.05) is 18.4 Å². The highest BCUT2D eigenvalue weighted by Gasteiger charge is 2.48. The Labute approximate surface area is 189 Å². The first-order valence-corrected chi connectivity index (χ1v) is 11.3. The number of carbonyl (C=O) groups is 1. The Hall–Kier alpha value is -2.10. The standard InChI is InChI=1S/C22H25ClF3N5O/c23-17-10-15(22(24,25)26)2-3-18(17)28-20(32)21(6-1-7-21)31-12-14-11-30(13-19(14)29-31)16-4-8-27-9-5-16/h2-3,10,12,16,27H,1,4-9,11,13H2,(H,28,32). The molecule has 2 fully saturated rings. The average molecular weight is 468 g/mol. The molecule has 0 spiro atoms. The van der Waals surface area contributed by atoms with E-state index in [2.05, 4.69) is 15.5 Å². The summed E-state index contributed by atoms with van der Waals surface area (Å²) in [6, 6.07) is 3.52. The van der Waals surface area contributed by atoms with Gasteiger partial charge in [0.2, 0.25) is 0 Å². The largest absolute Gasteiger partial charge is 0.416 e. The number of benzene rings is 1. The topological polar surface area (TPSA) is 62.2 Å². The Morgan fingerprint density at radius 2 is 1.97 bits per heavy atom. The number of nitrogens with one attached hydrogen (secondary N) is 2. The summed E-state index contributed by atoms with van der Waals surface area (Å²) in [5.74, 6) is -0.290. The highest BCUT2D eigenvalue weighted by Crippen LogP contribution is 2.42. The summed E-state index contributed by atoms with van der Waals surface area (Å²) in [4.78, 5) is 15.7. The van der Waals surface area contributed by atoms with E-state index in [0.717, 1.165) is 68.8 Å². The van der Waals surface area contributed by atoms with Crippen LogP contribution in [0.15, 0.2) is 24.4 Å². The van der Waals surface area contributed by atoms with Gasteiger partial charge in [-0.05, 0) is 63.4 Å². The van der Waals surface area contributed by atoms with Crippen LogP contribution in [0.2, 0.25) is 5.02 Å². The summed E-state index contributed by atoms with van der Waals surface area (Å²) in [6.45, 7) is 3.70. The van der Waals surface area contributed by atoms with Crippen LogP contribution in [0.3, 0.4) is 0 Å². The van der Waals surface area contributed by atoms with Crippen LogP contribution in [-0.4, -0.2) is 39.7 Å². The van der Waals surface area contributed by atoms with Crippen LogP contribution in [0.4, 0.5) is 18.9 Å². The van der Waals surface area contributed by atoms with E-state index in [1.54, 1.807) is 4.68 Å². The van der Waals surface area contributed by atoms with Gasteiger partial charge in [-0.15, -0.1) is 0 Å². The van der Waals surface area contributed by atoms with Gasteiger partial charge in [-0.25, -0.2) is 0 Å². The molecule has 5 rings (SSSR count). The van der Waals surface area contributed by atoms with Crippen molar-refractivity contribution in [2.24, 2.45) is 0 Å². The van der Waals surface area contributed by atoms with E-state index in [0.29, 0.717) is 18.9 Å². The molecular weight excluding hydrogens is 443 g/mol. The van der Waals surface area contributed by atoms with E-state index in [4.69, 9.17) is 16.7 Å². The minimum absolute atomic E-state index is 0.136. The van der Waals surface area contributed by atoms with E-state index in [1.165, 1.54) is 6.07 Å². The SMILES string of the molecule is O=C(Nc1ccc(C(F)(F)F)cc1Cl)C1(n2cc3c(n2)CN(C2CCNCC2)C3)CCC1. The molecule has 2 aromatic rings. The molecule has 3 aliphatic rings. The lowest BCUT2D eigenvalue weighted by molar-refractivity contribution is -0.137. The number of anilines is 1. The van der Waals surface area contributed by atoms with Crippen LogP contribution in [0, 0.1) is 0 Å². The van der Waals surface area contributed by atoms with Crippen LogP contribution in [-0.2, 0) is 29.6 Å².